The predicted octanol–water partition coefficient (Wildman–Crippen LogP) is 3.99. The van der Waals surface area contributed by atoms with Crippen molar-refractivity contribution in [2.24, 2.45) is 5.92 Å². The molecule has 0 spiro atoms. The van der Waals surface area contributed by atoms with Crippen LogP contribution in [0.5, 0.6) is 0 Å². The summed E-state index contributed by atoms with van der Waals surface area (Å²) in [6.45, 7) is 5.87. The van der Waals surface area contributed by atoms with E-state index in [1.807, 2.05) is 24.3 Å². The molecule has 2 aromatic carbocycles. The molecule has 2 aromatic rings. The molecule has 1 amide bonds. The fourth-order valence-corrected chi connectivity index (χ4v) is 3.38. The van der Waals surface area contributed by atoms with E-state index in [4.69, 9.17) is 0 Å². The first-order valence-electron chi connectivity index (χ1n) is 8.94. The lowest BCUT2D eigenvalue weighted by molar-refractivity contribution is 0.0951. The molecule has 1 aliphatic rings. The van der Waals surface area contributed by atoms with Crippen LogP contribution in [0.3, 0.4) is 0 Å². The SMILES string of the molecule is CC1CCCN(Cc2ccc(C(=O)NCc3cccc(F)c3)cc2)C1. The second-order valence-electron chi connectivity index (χ2n) is 6.99. The van der Waals surface area contributed by atoms with Crippen LogP contribution in [0.15, 0.2) is 48.5 Å². The molecule has 1 N–H and O–H groups in total. The monoisotopic (exact) mass is 340 g/mol. The molecule has 1 heterocycles. The highest BCUT2D eigenvalue weighted by molar-refractivity contribution is 5.94. The van der Waals surface area contributed by atoms with Crippen LogP contribution in [0.4, 0.5) is 4.39 Å². The molecule has 0 bridgehead atoms. The fraction of sp³-hybridized carbons (Fsp3) is 0.381. The number of rotatable bonds is 5. The van der Waals surface area contributed by atoms with Gasteiger partial charge in [-0.15, -0.1) is 0 Å². The number of likely N-dealkylation sites (tertiary alicyclic amines) is 1. The average Bonchev–Trinajstić information content (AvgIpc) is 2.60. The number of carbonyl (C=O) groups excluding carboxylic acids is 1. The predicted molar refractivity (Wildman–Crippen MR) is 97.7 cm³/mol. The Morgan fingerprint density at radius 3 is 2.72 bits per heavy atom. The molecule has 0 saturated carbocycles. The van der Waals surface area contributed by atoms with E-state index in [2.05, 4.69) is 17.1 Å². The van der Waals surface area contributed by atoms with Gasteiger partial charge in [0.25, 0.3) is 5.91 Å². The summed E-state index contributed by atoms with van der Waals surface area (Å²) in [4.78, 5) is 14.7. The van der Waals surface area contributed by atoms with Gasteiger partial charge in [-0.2, -0.15) is 0 Å². The Morgan fingerprint density at radius 2 is 2.00 bits per heavy atom. The number of hydrogen-bond donors (Lipinski definition) is 1. The number of carbonyl (C=O) groups is 1. The van der Waals surface area contributed by atoms with E-state index in [0.29, 0.717) is 12.1 Å². The maximum Gasteiger partial charge on any atom is 0.251 e. The number of amides is 1. The Balaban J connectivity index is 1.53. The van der Waals surface area contributed by atoms with E-state index in [9.17, 15) is 9.18 Å². The summed E-state index contributed by atoms with van der Waals surface area (Å²) in [5.41, 5.74) is 2.62. The van der Waals surface area contributed by atoms with Gasteiger partial charge in [-0.25, -0.2) is 4.39 Å². The third-order valence-corrected chi connectivity index (χ3v) is 4.71. The van der Waals surface area contributed by atoms with Crippen molar-refractivity contribution in [2.75, 3.05) is 13.1 Å². The van der Waals surface area contributed by atoms with Crippen molar-refractivity contribution < 1.29 is 9.18 Å². The van der Waals surface area contributed by atoms with Crippen LogP contribution in [0, 0.1) is 11.7 Å². The Kier molecular flexibility index (Phi) is 5.82. The van der Waals surface area contributed by atoms with Crippen LogP contribution >= 0.6 is 0 Å². The summed E-state index contributed by atoms with van der Waals surface area (Å²) in [5.74, 6) is 0.340. The van der Waals surface area contributed by atoms with Gasteiger partial charge in [0.1, 0.15) is 5.82 Å². The first kappa shape index (κ1) is 17.6. The molecule has 132 valence electrons. The lowest BCUT2D eigenvalue weighted by Crippen LogP contribution is -2.33. The van der Waals surface area contributed by atoms with Gasteiger partial charge in [-0.1, -0.05) is 31.2 Å². The van der Waals surface area contributed by atoms with Crippen molar-refractivity contribution in [1.82, 2.24) is 10.2 Å². The summed E-state index contributed by atoms with van der Waals surface area (Å²) < 4.78 is 13.2. The van der Waals surface area contributed by atoms with Gasteiger partial charge in [0.15, 0.2) is 0 Å². The van der Waals surface area contributed by atoms with Crippen LogP contribution in [-0.2, 0) is 13.1 Å². The number of benzene rings is 2. The highest BCUT2D eigenvalue weighted by atomic mass is 19.1. The second-order valence-corrected chi connectivity index (χ2v) is 6.99. The second kappa shape index (κ2) is 8.26. The van der Waals surface area contributed by atoms with Crippen molar-refractivity contribution in [1.29, 1.82) is 0 Å². The summed E-state index contributed by atoms with van der Waals surface area (Å²) >= 11 is 0. The normalized spacial score (nSPS) is 18.1. The molecule has 1 unspecified atom stereocenters. The maximum absolute atomic E-state index is 13.2. The molecule has 4 heteroatoms. The van der Waals surface area contributed by atoms with Crippen molar-refractivity contribution in [3.63, 3.8) is 0 Å². The van der Waals surface area contributed by atoms with Gasteiger partial charge < -0.3 is 5.32 Å². The molecule has 0 aromatic heterocycles. The minimum absolute atomic E-state index is 0.137. The van der Waals surface area contributed by atoms with E-state index in [0.717, 1.165) is 31.1 Å². The molecule has 1 saturated heterocycles. The largest absolute Gasteiger partial charge is 0.348 e. The summed E-state index contributed by atoms with van der Waals surface area (Å²) in [6, 6.07) is 14.1. The van der Waals surface area contributed by atoms with Crippen LogP contribution in [-0.4, -0.2) is 23.9 Å². The molecule has 1 aliphatic heterocycles. The Bertz CT molecular complexity index is 714. The number of halogens is 1. The number of nitrogens with zero attached hydrogens (tertiary/aromatic N) is 1. The van der Waals surface area contributed by atoms with Gasteiger partial charge in [-0.05, 0) is 60.7 Å². The zero-order valence-corrected chi connectivity index (χ0v) is 14.7. The molecule has 1 fully saturated rings. The third kappa shape index (κ3) is 5.13. The van der Waals surface area contributed by atoms with Gasteiger partial charge in [0.05, 0.1) is 0 Å². The van der Waals surface area contributed by atoms with Gasteiger partial charge in [-0.3, -0.25) is 9.69 Å². The minimum atomic E-state index is -0.289. The molecule has 0 radical (unpaired) electrons. The number of piperidine rings is 1. The highest BCUT2D eigenvalue weighted by Crippen LogP contribution is 2.18. The summed E-state index contributed by atoms with van der Waals surface area (Å²) in [5, 5.41) is 2.83. The zero-order chi connectivity index (χ0) is 17.6. The molecule has 3 rings (SSSR count). The van der Waals surface area contributed by atoms with Crippen molar-refractivity contribution in [3.05, 3.63) is 71.0 Å². The van der Waals surface area contributed by atoms with Crippen LogP contribution in [0.2, 0.25) is 0 Å². The molecule has 0 aliphatic carbocycles. The molecular formula is C21H25FN2O. The van der Waals surface area contributed by atoms with Crippen LogP contribution in [0.1, 0.15) is 41.3 Å². The lowest BCUT2D eigenvalue weighted by atomic mass is 9.99. The first-order chi connectivity index (χ1) is 12.1. The van der Waals surface area contributed by atoms with E-state index in [1.165, 1.54) is 30.5 Å². The Labute approximate surface area is 148 Å². The Hall–Kier alpha value is -2.20. The van der Waals surface area contributed by atoms with Gasteiger partial charge in [0.2, 0.25) is 0 Å². The van der Waals surface area contributed by atoms with E-state index in [1.54, 1.807) is 12.1 Å². The van der Waals surface area contributed by atoms with Crippen LogP contribution < -0.4 is 5.32 Å². The average molecular weight is 340 g/mol. The zero-order valence-electron chi connectivity index (χ0n) is 14.7. The topological polar surface area (TPSA) is 32.3 Å². The summed E-state index contributed by atoms with van der Waals surface area (Å²) in [6.07, 6.45) is 2.59. The quantitative estimate of drug-likeness (QED) is 0.893. The van der Waals surface area contributed by atoms with E-state index in [-0.39, 0.29) is 11.7 Å². The Morgan fingerprint density at radius 1 is 1.20 bits per heavy atom. The smallest absolute Gasteiger partial charge is 0.251 e. The summed E-state index contributed by atoms with van der Waals surface area (Å²) in [7, 11) is 0. The maximum atomic E-state index is 13.2. The minimum Gasteiger partial charge on any atom is -0.348 e. The van der Waals surface area contributed by atoms with Crippen LogP contribution in [0.25, 0.3) is 0 Å². The highest BCUT2D eigenvalue weighted by Gasteiger charge is 2.16. The fourth-order valence-electron chi connectivity index (χ4n) is 3.38. The van der Waals surface area contributed by atoms with E-state index >= 15 is 0 Å². The molecule has 3 nitrogen and oxygen atoms in total. The van der Waals surface area contributed by atoms with E-state index < -0.39 is 0 Å². The molecule has 25 heavy (non-hydrogen) atoms. The van der Waals surface area contributed by atoms with Gasteiger partial charge >= 0.3 is 0 Å². The lowest BCUT2D eigenvalue weighted by Gasteiger charge is -2.30. The number of hydrogen-bond acceptors (Lipinski definition) is 2. The molecule has 1 atom stereocenters. The third-order valence-electron chi connectivity index (χ3n) is 4.71. The molecular weight excluding hydrogens is 315 g/mol. The van der Waals surface area contributed by atoms with Crippen molar-refractivity contribution in [2.45, 2.75) is 32.9 Å². The first-order valence-corrected chi connectivity index (χ1v) is 8.94. The van der Waals surface area contributed by atoms with Crippen molar-refractivity contribution >= 4 is 5.91 Å². The standard InChI is InChI=1S/C21H25FN2O/c1-16-4-3-11-24(14-16)15-17-7-9-19(10-8-17)21(25)23-13-18-5-2-6-20(22)12-18/h2,5-10,12,16H,3-4,11,13-15H2,1H3,(H,23,25). The van der Waals surface area contributed by atoms with Crippen molar-refractivity contribution in [3.8, 4) is 0 Å². The van der Waals surface area contributed by atoms with Gasteiger partial charge in [0, 0.05) is 25.2 Å². The number of nitrogens with one attached hydrogen (secondary N) is 1.